The normalized spacial score (nSPS) is 13.1. The lowest BCUT2D eigenvalue weighted by atomic mass is 10.0. The minimum absolute atomic E-state index is 0.341. The molecule has 14 heavy (non-hydrogen) atoms. The van der Waals surface area contributed by atoms with E-state index in [0.717, 1.165) is 12.8 Å². The van der Waals surface area contributed by atoms with Gasteiger partial charge in [0.2, 0.25) is 0 Å². The molecule has 1 N–H and O–H groups in total. The molecule has 0 spiro atoms. The van der Waals surface area contributed by atoms with Crippen LogP contribution in [0.2, 0.25) is 0 Å². The third kappa shape index (κ3) is 3.70. The Morgan fingerprint density at radius 3 is 2.29 bits per heavy atom. The molecule has 0 saturated heterocycles. The van der Waals surface area contributed by atoms with Crippen LogP contribution in [-0.4, -0.2) is 9.93 Å². The largest absolute Gasteiger partial charge is 0.508 e. The summed E-state index contributed by atoms with van der Waals surface area (Å²) in [5.74, 6) is 1.01. The molecule has 78 valence electrons. The molecular formula is C12H17BrO. The third-order valence-corrected chi connectivity index (χ3v) is 3.88. The van der Waals surface area contributed by atoms with Gasteiger partial charge in [-0.3, -0.25) is 0 Å². The molecule has 0 radical (unpaired) electrons. The van der Waals surface area contributed by atoms with Crippen LogP contribution in [0.1, 0.15) is 25.8 Å². The van der Waals surface area contributed by atoms with E-state index in [2.05, 4.69) is 29.8 Å². The lowest BCUT2D eigenvalue weighted by Crippen LogP contribution is -2.07. The lowest BCUT2D eigenvalue weighted by Gasteiger charge is -2.13. The fourth-order valence-electron chi connectivity index (χ4n) is 1.30. The van der Waals surface area contributed by atoms with Crippen LogP contribution >= 0.6 is 15.9 Å². The first kappa shape index (κ1) is 11.6. The van der Waals surface area contributed by atoms with Crippen molar-refractivity contribution in [2.75, 3.05) is 0 Å². The van der Waals surface area contributed by atoms with E-state index in [9.17, 15) is 0 Å². The predicted molar refractivity (Wildman–Crippen MR) is 64.0 cm³/mol. The number of aromatic hydroxyl groups is 1. The third-order valence-electron chi connectivity index (χ3n) is 2.37. The molecule has 1 aromatic rings. The highest BCUT2D eigenvalue weighted by molar-refractivity contribution is 9.09. The van der Waals surface area contributed by atoms with Gasteiger partial charge in [0.05, 0.1) is 0 Å². The number of hydrogen-bond acceptors (Lipinski definition) is 1. The van der Waals surface area contributed by atoms with Gasteiger partial charge in [0.1, 0.15) is 5.75 Å². The first-order valence-corrected chi connectivity index (χ1v) is 5.93. The van der Waals surface area contributed by atoms with E-state index in [1.165, 1.54) is 5.56 Å². The molecule has 1 unspecified atom stereocenters. The zero-order valence-electron chi connectivity index (χ0n) is 8.70. The van der Waals surface area contributed by atoms with Gasteiger partial charge in [-0.25, -0.2) is 0 Å². The summed E-state index contributed by atoms with van der Waals surface area (Å²) in [6, 6.07) is 7.45. The minimum atomic E-state index is 0.341. The molecule has 1 atom stereocenters. The molecule has 1 aromatic carbocycles. The van der Waals surface area contributed by atoms with E-state index >= 15 is 0 Å². The second kappa shape index (κ2) is 5.40. The highest BCUT2D eigenvalue weighted by atomic mass is 79.9. The van der Waals surface area contributed by atoms with Gasteiger partial charge in [-0.2, -0.15) is 0 Å². The summed E-state index contributed by atoms with van der Waals surface area (Å²) in [7, 11) is 0. The van der Waals surface area contributed by atoms with Crippen molar-refractivity contribution in [1.29, 1.82) is 0 Å². The molecule has 0 amide bonds. The Kier molecular flexibility index (Phi) is 4.46. The number of hydrogen-bond donors (Lipinski definition) is 1. The summed E-state index contributed by atoms with van der Waals surface area (Å²) < 4.78 is 0. The predicted octanol–water partition coefficient (Wildman–Crippen LogP) is 3.74. The van der Waals surface area contributed by atoms with Gasteiger partial charge < -0.3 is 5.11 Å². The average molecular weight is 257 g/mol. The SMILES string of the molecule is CC(C)C(Br)CCc1ccc(O)cc1. The van der Waals surface area contributed by atoms with Gasteiger partial charge in [-0.1, -0.05) is 41.9 Å². The van der Waals surface area contributed by atoms with Gasteiger partial charge >= 0.3 is 0 Å². The van der Waals surface area contributed by atoms with Crippen LogP contribution in [0.4, 0.5) is 0 Å². The lowest BCUT2D eigenvalue weighted by molar-refractivity contribution is 0.475. The summed E-state index contributed by atoms with van der Waals surface area (Å²) in [4.78, 5) is 0.580. The number of halogens is 1. The molecule has 0 heterocycles. The minimum Gasteiger partial charge on any atom is -0.508 e. The Hall–Kier alpha value is -0.500. The standard InChI is InChI=1S/C12H17BrO/c1-9(2)12(13)8-5-10-3-6-11(14)7-4-10/h3-4,6-7,9,12,14H,5,8H2,1-2H3. The maximum absolute atomic E-state index is 9.11. The Morgan fingerprint density at radius 1 is 1.21 bits per heavy atom. The molecular weight excluding hydrogens is 240 g/mol. The smallest absolute Gasteiger partial charge is 0.115 e. The molecule has 0 aliphatic rings. The Balaban J connectivity index is 2.42. The maximum Gasteiger partial charge on any atom is 0.115 e. The van der Waals surface area contributed by atoms with Gasteiger partial charge in [-0.05, 0) is 36.5 Å². The summed E-state index contributed by atoms with van der Waals surface area (Å²) in [5.41, 5.74) is 1.29. The fourth-order valence-corrected chi connectivity index (χ4v) is 1.53. The number of benzene rings is 1. The van der Waals surface area contributed by atoms with Crippen molar-refractivity contribution in [1.82, 2.24) is 0 Å². The summed E-state index contributed by atoms with van der Waals surface area (Å²) >= 11 is 3.66. The Labute approximate surface area is 94.3 Å². The molecule has 0 aliphatic carbocycles. The van der Waals surface area contributed by atoms with Gasteiger partial charge in [0.25, 0.3) is 0 Å². The van der Waals surface area contributed by atoms with Crippen molar-refractivity contribution in [3.63, 3.8) is 0 Å². The van der Waals surface area contributed by atoms with Gasteiger partial charge in [0, 0.05) is 4.83 Å². The Bertz CT molecular complexity index is 266. The van der Waals surface area contributed by atoms with E-state index < -0.39 is 0 Å². The maximum atomic E-state index is 9.11. The van der Waals surface area contributed by atoms with E-state index in [-0.39, 0.29) is 0 Å². The summed E-state index contributed by atoms with van der Waals surface area (Å²) in [6.45, 7) is 4.44. The van der Waals surface area contributed by atoms with Crippen molar-refractivity contribution in [2.45, 2.75) is 31.5 Å². The molecule has 2 heteroatoms. The number of aryl methyl sites for hydroxylation is 1. The molecule has 0 aromatic heterocycles. The fraction of sp³-hybridized carbons (Fsp3) is 0.500. The van der Waals surface area contributed by atoms with Gasteiger partial charge in [0.15, 0.2) is 0 Å². The van der Waals surface area contributed by atoms with Crippen LogP contribution in [0, 0.1) is 5.92 Å². The van der Waals surface area contributed by atoms with Crippen molar-refractivity contribution in [2.24, 2.45) is 5.92 Å². The van der Waals surface area contributed by atoms with E-state index in [1.807, 2.05) is 12.1 Å². The van der Waals surface area contributed by atoms with Crippen LogP contribution < -0.4 is 0 Å². The first-order chi connectivity index (χ1) is 6.59. The topological polar surface area (TPSA) is 20.2 Å². The zero-order chi connectivity index (χ0) is 10.6. The highest BCUT2D eigenvalue weighted by Gasteiger charge is 2.08. The molecule has 0 saturated carbocycles. The summed E-state index contributed by atoms with van der Waals surface area (Å²) in [6.07, 6.45) is 2.21. The second-order valence-electron chi connectivity index (χ2n) is 3.97. The van der Waals surface area contributed by atoms with E-state index in [1.54, 1.807) is 12.1 Å². The molecule has 1 nitrogen and oxygen atoms in total. The number of phenolic OH excluding ortho intramolecular Hbond substituents is 1. The first-order valence-electron chi connectivity index (χ1n) is 5.01. The van der Waals surface area contributed by atoms with Gasteiger partial charge in [-0.15, -0.1) is 0 Å². The Morgan fingerprint density at radius 2 is 1.79 bits per heavy atom. The monoisotopic (exact) mass is 256 g/mol. The quantitative estimate of drug-likeness (QED) is 0.814. The van der Waals surface area contributed by atoms with Crippen molar-refractivity contribution in [3.05, 3.63) is 29.8 Å². The number of rotatable bonds is 4. The van der Waals surface area contributed by atoms with Crippen LogP contribution in [0.5, 0.6) is 5.75 Å². The number of alkyl halides is 1. The molecule has 1 rings (SSSR count). The zero-order valence-corrected chi connectivity index (χ0v) is 10.3. The van der Waals surface area contributed by atoms with E-state index in [4.69, 9.17) is 5.11 Å². The number of phenols is 1. The molecule has 0 aliphatic heterocycles. The highest BCUT2D eigenvalue weighted by Crippen LogP contribution is 2.19. The van der Waals surface area contributed by atoms with Crippen LogP contribution in [0.25, 0.3) is 0 Å². The van der Waals surface area contributed by atoms with Crippen LogP contribution in [-0.2, 0) is 6.42 Å². The second-order valence-corrected chi connectivity index (χ2v) is 5.14. The summed E-state index contributed by atoms with van der Waals surface area (Å²) in [5, 5.41) is 9.11. The average Bonchev–Trinajstić information content (AvgIpc) is 2.16. The van der Waals surface area contributed by atoms with Crippen LogP contribution in [0.3, 0.4) is 0 Å². The van der Waals surface area contributed by atoms with Crippen molar-refractivity contribution in [3.8, 4) is 5.75 Å². The van der Waals surface area contributed by atoms with E-state index in [0.29, 0.717) is 16.5 Å². The van der Waals surface area contributed by atoms with Crippen molar-refractivity contribution >= 4 is 15.9 Å². The molecule has 0 fully saturated rings. The molecule has 0 bridgehead atoms. The van der Waals surface area contributed by atoms with Crippen LogP contribution in [0.15, 0.2) is 24.3 Å². The van der Waals surface area contributed by atoms with Crippen molar-refractivity contribution < 1.29 is 5.11 Å².